The van der Waals surface area contributed by atoms with Crippen molar-refractivity contribution in [2.24, 2.45) is 0 Å². The number of rotatable bonds is 2. The zero-order valence-electron chi connectivity index (χ0n) is 5.33. The van der Waals surface area contributed by atoms with E-state index in [9.17, 15) is 0 Å². The summed E-state index contributed by atoms with van der Waals surface area (Å²) in [4.78, 5) is 1.37. The lowest BCUT2D eigenvalue weighted by Gasteiger charge is -1.77. The average molecular weight is 128 g/mol. The maximum absolute atomic E-state index is 8.52. The maximum Gasteiger partial charge on any atom is 0.218 e. The second-order valence-electron chi connectivity index (χ2n) is 1.76. The van der Waals surface area contributed by atoms with Crippen LogP contribution in [-0.2, 0) is 13.2 Å². The van der Waals surface area contributed by atoms with E-state index in [1.807, 2.05) is 6.92 Å². The molecule has 0 radical (unpaired) electrons. The van der Waals surface area contributed by atoms with E-state index in [4.69, 9.17) is 5.11 Å². The van der Waals surface area contributed by atoms with Gasteiger partial charge in [0, 0.05) is 11.5 Å². The molecule has 0 aliphatic heterocycles. The van der Waals surface area contributed by atoms with Gasteiger partial charge in [0.05, 0.1) is 0 Å². The lowest BCUT2D eigenvalue weighted by atomic mass is 10.4. The van der Waals surface area contributed by atoms with Gasteiger partial charge in [0.25, 0.3) is 0 Å². The first-order chi connectivity index (χ1) is 4.36. The minimum atomic E-state index is -0.0833. The predicted molar refractivity (Wildman–Crippen MR) is 30.4 cm³/mol. The third-order valence-corrected chi connectivity index (χ3v) is 1.13. The number of nitrogens with one attached hydrogen (secondary N) is 1. The van der Waals surface area contributed by atoms with Crippen molar-refractivity contribution in [2.45, 2.75) is 20.1 Å². The summed E-state index contributed by atoms with van der Waals surface area (Å²) >= 11 is 0. The first-order valence-electron chi connectivity index (χ1n) is 2.92. The highest BCUT2D eigenvalue weighted by molar-refractivity contribution is 4.84. The smallest absolute Gasteiger partial charge is 0.218 e. The lowest BCUT2D eigenvalue weighted by molar-refractivity contribution is -0.505. The van der Waals surface area contributed by atoms with E-state index in [0.717, 1.165) is 12.1 Å². The number of aliphatic hydroxyl groups excluding tert-OH is 1. The fourth-order valence-electron chi connectivity index (χ4n) is 0.607. The largest absolute Gasteiger partial charge is 0.369 e. The summed E-state index contributed by atoms with van der Waals surface area (Å²) in [5.74, 6) is 0. The number of hydrogen-bond donors (Lipinski definition) is 1. The fraction of sp³-hybridized carbons (Fsp3) is 0.600. The van der Waals surface area contributed by atoms with Gasteiger partial charge in [-0.25, -0.2) is 0 Å². The van der Waals surface area contributed by atoms with Gasteiger partial charge in [0.2, 0.25) is 5.69 Å². The van der Waals surface area contributed by atoms with Gasteiger partial charge in [0.15, 0.2) is 12.9 Å². The van der Waals surface area contributed by atoms with Gasteiger partial charge < -0.3 is 5.11 Å². The van der Waals surface area contributed by atoms with E-state index in [0.29, 0.717) is 0 Å². The van der Waals surface area contributed by atoms with E-state index in [1.54, 1.807) is 6.20 Å². The number of aryl methyl sites for hydroxylation is 1. The predicted octanol–water partition coefficient (Wildman–Crippen LogP) is -0.791. The highest BCUT2D eigenvalue weighted by Gasteiger charge is 2.03. The standard InChI is InChI=1S/C5H9N3O/c1-2-5-3-6-8(4-9)7-5/h3,9H,2,4H2,1H3/p+1. The summed E-state index contributed by atoms with van der Waals surface area (Å²) in [7, 11) is 0. The van der Waals surface area contributed by atoms with Gasteiger partial charge in [-0.1, -0.05) is 6.92 Å². The van der Waals surface area contributed by atoms with E-state index in [2.05, 4.69) is 10.2 Å². The number of aromatic amines is 1. The first kappa shape index (κ1) is 6.22. The minimum absolute atomic E-state index is 0.0833. The molecule has 0 saturated heterocycles. The van der Waals surface area contributed by atoms with Crippen LogP contribution in [0.2, 0.25) is 0 Å². The Hall–Kier alpha value is -0.900. The van der Waals surface area contributed by atoms with E-state index in [-0.39, 0.29) is 6.73 Å². The molecule has 0 aromatic carbocycles. The molecule has 0 spiro atoms. The number of H-pyrrole nitrogens is 1. The number of nitrogens with zero attached hydrogens (tertiary/aromatic N) is 2. The van der Waals surface area contributed by atoms with Crippen LogP contribution in [-0.4, -0.2) is 15.0 Å². The van der Waals surface area contributed by atoms with Crippen LogP contribution >= 0.6 is 0 Å². The summed E-state index contributed by atoms with van der Waals surface area (Å²) in [6.45, 7) is 1.93. The minimum Gasteiger partial charge on any atom is -0.369 e. The van der Waals surface area contributed by atoms with Crippen molar-refractivity contribution >= 4 is 0 Å². The molecule has 0 aliphatic rings. The molecule has 4 nitrogen and oxygen atoms in total. The topological polar surface area (TPSA) is 52.2 Å². The van der Waals surface area contributed by atoms with Gasteiger partial charge >= 0.3 is 0 Å². The Morgan fingerprint density at radius 1 is 1.89 bits per heavy atom. The summed E-state index contributed by atoms with van der Waals surface area (Å²) in [6, 6.07) is 0. The summed E-state index contributed by atoms with van der Waals surface area (Å²) in [5.41, 5.74) is 0.962. The summed E-state index contributed by atoms with van der Waals surface area (Å²) in [6.07, 6.45) is 2.67. The van der Waals surface area contributed by atoms with Crippen molar-refractivity contribution in [3.05, 3.63) is 11.9 Å². The van der Waals surface area contributed by atoms with Crippen molar-refractivity contribution in [2.75, 3.05) is 0 Å². The van der Waals surface area contributed by atoms with Crippen LogP contribution in [0.3, 0.4) is 0 Å². The quantitative estimate of drug-likeness (QED) is 0.567. The van der Waals surface area contributed by atoms with Crippen LogP contribution in [0.25, 0.3) is 0 Å². The highest BCUT2D eigenvalue weighted by atomic mass is 16.3. The zero-order chi connectivity index (χ0) is 6.69. The number of hydrogen-bond acceptors (Lipinski definition) is 2. The molecule has 2 N–H and O–H groups in total. The van der Waals surface area contributed by atoms with E-state index >= 15 is 0 Å². The molecule has 0 aliphatic carbocycles. The molecular formula is C5H10N3O+. The van der Waals surface area contributed by atoms with Crippen LogP contribution < -0.4 is 5.10 Å². The van der Waals surface area contributed by atoms with Crippen molar-refractivity contribution in [1.29, 1.82) is 0 Å². The molecule has 1 heterocycles. The van der Waals surface area contributed by atoms with Crippen LogP contribution in [0.5, 0.6) is 0 Å². The molecule has 9 heavy (non-hydrogen) atoms. The molecule has 0 saturated carbocycles. The molecule has 1 aromatic heterocycles. The van der Waals surface area contributed by atoms with E-state index in [1.165, 1.54) is 4.80 Å². The highest BCUT2D eigenvalue weighted by Crippen LogP contribution is 1.86. The Kier molecular flexibility index (Phi) is 1.79. The zero-order valence-corrected chi connectivity index (χ0v) is 5.33. The van der Waals surface area contributed by atoms with Crippen LogP contribution in [0, 0.1) is 0 Å². The third-order valence-electron chi connectivity index (χ3n) is 1.13. The maximum atomic E-state index is 8.52. The Bertz CT molecular complexity index is 166. The fourth-order valence-corrected chi connectivity index (χ4v) is 0.607. The molecular weight excluding hydrogens is 118 g/mol. The van der Waals surface area contributed by atoms with Gasteiger partial charge in [0.1, 0.15) is 0 Å². The molecule has 0 bridgehead atoms. The second-order valence-corrected chi connectivity index (χ2v) is 1.76. The monoisotopic (exact) mass is 128 g/mol. The Balaban J connectivity index is 2.74. The van der Waals surface area contributed by atoms with Crippen LogP contribution in [0.4, 0.5) is 0 Å². The average Bonchev–Trinajstić information content (AvgIpc) is 2.34. The van der Waals surface area contributed by atoms with Gasteiger partial charge in [-0.3, -0.25) is 0 Å². The first-order valence-corrected chi connectivity index (χ1v) is 2.92. The second kappa shape index (κ2) is 2.59. The molecule has 1 aromatic rings. The van der Waals surface area contributed by atoms with Crippen LogP contribution in [0.15, 0.2) is 6.20 Å². The van der Waals surface area contributed by atoms with Crippen molar-refractivity contribution < 1.29 is 10.2 Å². The third kappa shape index (κ3) is 1.26. The van der Waals surface area contributed by atoms with Gasteiger partial charge in [-0.05, 0) is 4.80 Å². The molecule has 1 rings (SSSR count). The van der Waals surface area contributed by atoms with Crippen molar-refractivity contribution in [1.82, 2.24) is 9.90 Å². The SMILES string of the molecule is CCc1c[nH+]n(CO)n1. The van der Waals surface area contributed by atoms with Gasteiger partial charge in [-0.2, -0.15) is 5.10 Å². The van der Waals surface area contributed by atoms with Gasteiger partial charge in [-0.15, -0.1) is 0 Å². The summed E-state index contributed by atoms with van der Waals surface area (Å²) in [5, 5.41) is 15.2. The Morgan fingerprint density at radius 3 is 3.00 bits per heavy atom. The molecule has 0 unspecified atom stereocenters. The Morgan fingerprint density at radius 2 is 2.67 bits per heavy atom. The Labute approximate surface area is 53.1 Å². The molecule has 0 atom stereocenters. The van der Waals surface area contributed by atoms with Crippen molar-refractivity contribution in [3.8, 4) is 0 Å². The molecule has 0 fully saturated rings. The molecule has 50 valence electrons. The molecule has 4 heteroatoms. The summed E-state index contributed by atoms with van der Waals surface area (Å²) < 4.78 is 0. The van der Waals surface area contributed by atoms with Crippen molar-refractivity contribution in [3.63, 3.8) is 0 Å². The molecule has 0 amide bonds. The van der Waals surface area contributed by atoms with E-state index < -0.39 is 0 Å². The lowest BCUT2D eigenvalue weighted by Crippen LogP contribution is -2.18. The number of aromatic nitrogens is 3. The van der Waals surface area contributed by atoms with Crippen LogP contribution in [0.1, 0.15) is 12.6 Å². The normalized spacial score (nSPS) is 10.0. The number of aliphatic hydroxyl groups is 1.